The van der Waals surface area contributed by atoms with Gasteiger partial charge in [0.2, 0.25) is 10.6 Å². The van der Waals surface area contributed by atoms with Crippen molar-refractivity contribution in [2.75, 3.05) is 69.8 Å². The Morgan fingerprint density at radius 1 is 0.698 bits per heavy atom. The molecule has 2 aliphatic carbocycles. The van der Waals surface area contributed by atoms with E-state index in [9.17, 15) is 0 Å². The van der Waals surface area contributed by atoms with Crippen molar-refractivity contribution in [3.63, 3.8) is 0 Å². The molecule has 7 heterocycles. The average molecular weight is 837 g/mol. The highest BCUT2D eigenvalue weighted by Gasteiger charge is 2.30. The van der Waals surface area contributed by atoms with Crippen molar-refractivity contribution in [3.05, 3.63) is 21.4 Å². The SMILES string of the molecule is Clc1nc(NC2CCC(N3CCOCC3)CC2)c2c(Br)[nH]nc2n1.Clc1nc(NC2CCC(N3CCOCC3)CC2)c2cnn(C3CCCCO3)c2n1. The van der Waals surface area contributed by atoms with Crippen LogP contribution >= 0.6 is 39.1 Å². The van der Waals surface area contributed by atoms with E-state index < -0.39 is 0 Å². The first-order valence-corrected chi connectivity index (χ1v) is 20.8. The normalized spacial score (nSPS) is 27.7. The van der Waals surface area contributed by atoms with Crippen LogP contribution in [0.3, 0.4) is 0 Å². The minimum atomic E-state index is -0.0657. The Hall–Kier alpha value is -2.44. The molecule has 3 saturated heterocycles. The summed E-state index contributed by atoms with van der Waals surface area (Å²) >= 11 is 15.8. The van der Waals surface area contributed by atoms with Crippen LogP contribution in [-0.4, -0.2) is 133 Å². The lowest BCUT2D eigenvalue weighted by Gasteiger charge is -2.39. The Balaban J connectivity index is 0.000000154. The van der Waals surface area contributed by atoms with Crippen LogP contribution in [0.1, 0.15) is 76.9 Å². The maximum absolute atomic E-state index is 6.27. The zero-order chi connectivity index (χ0) is 36.1. The molecule has 3 N–H and O–H groups in total. The maximum Gasteiger partial charge on any atom is 0.226 e. The van der Waals surface area contributed by atoms with Gasteiger partial charge in [0.25, 0.3) is 0 Å². The standard InChI is InChI=1S/C20H29ClN6O2.C15H20BrClN6O/c21-20-24-18(16-13-22-27(19(16)25-20)17-3-1-2-10-29-17)23-14-4-6-15(7-5-14)26-8-11-28-12-9-26;16-12-11-13(19-15(17)20-14(11)22-21-12)18-9-1-3-10(4-2-9)23-5-7-24-8-6-23/h13-15,17H,1-12H2,(H,23,24,25);9-10H,1-8H2,(H2,18,19,20,21,22). The van der Waals surface area contributed by atoms with Gasteiger partial charge in [0.05, 0.1) is 43.4 Å². The molecule has 4 aromatic rings. The van der Waals surface area contributed by atoms with Crippen LogP contribution in [0, 0.1) is 0 Å². The molecule has 288 valence electrons. The summed E-state index contributed by atoms with van der Waals surface area (Å²) in [7, 11) is 0. The van der Waals surface area contributed by atoms with Gasteiger partial charge in [-0.1, -0.05) is 0 Å². The first-order valence-electron chi connectivity index (χ1n) is 19.2. The molecule has 9 rings (SSSR count). The number of morpholine rings is 2. The zero-order valence-electron chi connectivity index (χ0n) is 30.0. The van der Waals surface area contributed by atoms with Crippen LogP contribution in [0.4, 0.5) is 11.6 Å². The molecule has 1 unspecified atom stereocenters. The van der Waals surface area contributed by atoms with Gasteiger partial charge in [0, 0.05) is 57.0 Å². The van der Waals surface area contributed by atoms with Crippen molar-refractivity contribution in [2.45, 2.75) is 101 Å². The molecule has 5 fully saturated rings. The first kappa shape index (κ1) is 37.5. The smallest absolute Gasteiger partial charge is 0.226 e. The number of H-pyrrole nitrogens is 1. The molecule has 0 amide bonds. The Morgan fingerprint density at radius 3 is 1.89 bits per heavy atom. The lowest BCUT2D eigenvalue weighted by molar-refractivity contribution is -0.0370. The van der Waals surface area contributed by atoms with E-state index in [1.165, 1.54) is 25.7 Å². The fraction of sp³-hybridized carbons (Fsp3) is 0.714. The largest absolute Gasteiger partial charge is 0.379 e. The van der Waals surface area contributed by atoms with Crippen molar-refractivity contribution >= 4 is 72.8 Å². The van der Waals surface area contributed by atoms with Gasteiger partial charge < -0.3 is 24.8 Å². The number of hydrogen-bond acceptors (Lipinski definition) is 13. The van der Waals surface area contributed by atoms with Gasteiger partial charge in [-0.3, -0.25) is 14.9 Å². The number of rotatable bonds is 7. The van der Waals surface area contributed by atoms with Crippen molar-refractivity contribution in [2.24, 2.45) is 0 Å². The number of aromatic amines is 1. The summed E-state index contributed by atoms with van der Waals surface area (Å²) in [5.41, 5.74) is 1.33. The molecule has 1 atom stereocenters. The highest BCUT2D eigenvalue weighted by Crippen LogP contribution is 2.33. The number of fused-ring (bicyclic) bond motifs is 2. The number of nitrogens with one attached hydrogen (secondary N) is 3. The number of aromatic nitrogens is 8. The van der Waals surface area contributed by atoms with Gasteiger partial charge in [0.15, 0.2) is 17.5 Å². The molecule has 15 nitrogen and oxygen atoms in total. The van der Waals surface area contributed by atoms with E-state index in [2.05, 4.69) is 71.6 Å². The molecule has 5 aliphatic rings. The molecule has 53 heavy (non-hydrogen) atoms. The second-order valence-corrected chi connectivity index (χ2v) is 16.1. The Labute approximate surface area is 327 Å². The van der Waals surface area contributed by atoms with Crippen LogP contribution in [0.5, 0.6) is 0 Å². The third kappa shape index (κ3) is 9.01. The lowest BCUT2D eigenvalue weighted by atomic mass is 9.90. The summed E-state index contributed by atoms with van der Waals surface area (Å²) < 4.78 is 19.5. The van der Waals surface area contributed by atoms with Crippen LogP contribution < -0.4 is 10.6 Å². The van der Waals surface area contributed by atoms with Gasteiger partial charge >= 0.3 is 0 Å². The monoisotopic (exact) mass is 834 g/mol. The second-order valence-electron chi connectivity index (χ2n) is 14.7. The van der Waals surface area contributed by atoms with E-state index in [1.54, 1.807) is 0 Å². The van der Waals surface area contributed by atoms with E-state index in [1.807, 2.05) is 10.9 Å². The zero-order valence-corrected chi connectivity index (χ0v) is 33.1. The van der Waals surface area contributed by atoms with E-state index in [-0.39, 0.29) is 16.8 Å². The third-order valence-electron chi connectivity index (χ3n) is 11.4. The predicted octanol–water partition coefficient (Wildman–Crippen LogP) is 6.06. The number of anilines is 2. The predicted molar refractivity (Wildman–Crippen MR) is 208 cm³/mol. The topological polar surface area (TPSA) is 156 Å². The number of hydrogen-bond donors (Lipinski definition) is 3. The van der Waals surface area contributed by atoms with Gasteiger partial charge in [0.1, 0.15) is 16.2 Å². The second kappa shape index (κ2) is 17.6. The van der Waals surface area contributed by atoms with Crippen molar-refractivity contribution < 1.29 is 14.2 Å². The number of halogens is 3. The summed E-state index contributed by atoms with van der Waals surface area (Å²) in [6.45, 7) is 8.48. The quantitative estimate of drug-likeness (QED) is 0.185. The Kier molecular flexibility index (Phi) is 12.4. The van der Waals surface area contributed by atoms with Crippen LogP contribution in [-0.2, 0) is 14.2 Å². The Morgan fingerprint density at radius 2 is 1.28 bits per heavy atom. The van der Waals surface area contributed by atoms with Crippen molar-refractivity contribution in [3.8, 4) is 0 Å². The van der Waals surface area contributed by atoms with Crippen LogP contribution in [0.15, 0.2) is 10.8 Å². The lowest BCUT2D eigenvalue weighted by Crippen LogP contribution is -2.46. The molecule has 4 aromatic heterocycles. The highest BCUT2D eigenvalue weighted by atomic mass is 79.9. The fourth-order valence-electron chi connectivity index (χ4n) is 8.55. The number of ether oxygens (including phenoxy) is 3. The molecule has 3 aliphatic heterocycles. The molecular formula is C35H49BrCl2N12O3. The molecule has 0 aromatic carbocycles. The minimum Gasteiger partial charge on any atom is -0.379 e. The molecule has 0 bridgehead atoms. The molecule has 0 radical (unpaired) electrons. The summed E-state index contributed by atoms with van der Waals surface area (Å²) in [4.78, 5) is 22.6. The van der Waals surface area contributed by atoms with Gasteiger partial charge in [-0.15, -0.1) is 0 Å². The van der Waals surface area contributed by atoms with E-state index in [0.717, 1.165) is 137 Å². The van der Waals surface area contributed by atoms with Crippen molar-refractivity contribution in [1.82, 2.24) is 49.7 Å². The summed E-state index contributed by atoms with van der Waals surface area (Å²) in [6, 6.07) is 2.16. The highest BCUT2D eigenvalue weighted by molar-refractivity contribution is 9.10. The van der Waals surface area contributed by atoms with Crippen LogP contribution in [0.2, 0.25) is 10.6 Å². The average Bonchev–Trinajstić information content (AvgIpc) is 3.80. The maximum atomic E-state index is 6.27. The van der Waals surface area contributed by atoms with Gasteiger partial charge in [-0.05, 0) is 110 Å². The molecule has 0 spiro atoms. The molecule has 2 saturated carbocycles. The molecule has 18 heteroatoms. The van der Waals surface area contributed by atoms with E-state index in [4.69, 9.17) is 37.4 Å². The van der Waals surface area contributed by atoms with Gasteiger partial charge in [-0.25, -0.2) is 4.68 Å². The van der Waals surface area contributed by atoms with Gasteiger partial charge in [-0.2, -0.15) is 30.1 Å². The van der Waals surface area contributed by atoms with E-state index >= 15 is 0 Å². The fourth-order valence-corrected chi connectivity index (χ4v) is 9.33. The summed E-state index contributed by atoms with van der Waals surface area (Å²) in [6.07, 6.45) is 14.3. The number of nitrogens with zero attached hydrogens (tertiary/aromatic N) is 9. The third-order valence-corrected chi connectivity index (χ3v) is 12.3. The first-order chi connectivity index (χ1) is 26.0. The molecular weight excluding hydrogens is 787 g/mol. The minimum absolute atomic E-state index is 0.0657. The summed E-state index contributed by atoms with van der Waals surface area (Å²) in [5.74, 6) is 1.54. The van der Waals surface area contributed by atoms with E-state index in [0.29, 0.717) is 29.8 Å². The Bertz CT molecular complexity index is 1800. The summed E-state index contributed by atoms with van der Waals surface area (Å²) in [5, 5.41) is 21.0. The van der Waals surface area contributed by atoms with Crippen LogP contribution in [0.25, 0.3) is 22.1 Å². The van der Waals surface area contributed by atoms with Crippen molar-refractivity contribution in [1.29, 1.82) is 0 Å².